The predicted molar refractivity (Wildman–Crippen MR) is 112 cm³/mol. The zero-order chi connectivity index (χ0) is 21.3. The number of ether oxygens (including phenoxy) is 2. The summed E-state index contributed by atoms with van der Waals surface area (Å²) in [6, 6.07) is 14.3. The maximum Gasteiger partial charge on any atom is 0.251 e. The molecule has 0 aliphatic carbocycles. The second-order valence-corrected chi connectivity index (χ2v) is 8.22. The van der Waals surface area contributed by atoms with Crippen molar-refractivity contribution in [2.24, 2.45) is 0 Å². The molecule has 0 radical (unpaired) electrons. The lowest BCUT2D eigenvalue weighted by Crippen LogP contribution is -2.30. The molecule has 1 unspecified atom stereocenters. The van der Waals surface area contributed by atoms with Gasteiger partial charge in [-0.25, -0.2) is 13.1 Å². The van der Waals surface area contributed by atoms with E-state index in [4.69, 9.17) is 9.47 Å². The van der Waals surface area contributed by atoms with Crippen LogP contribution in [0.15, 0.2) is 53.4 Å². The molecule has 0 fully saturated rings. The first-order valence-corrected chi connectivity index (χ1v) is 10.9. The lowest BCUT2D eigenvalue weighted by atomic mass is 9.96. The summed E-state index contributed by atoms with van der Waals surface area (Å²) in [5, 5.41) is 2.90. The first kappa shape index (κ1) is 22.9. The summed E-state index contributed by atoms with van der Waals surface area (Å²) >= 11 is 0. The Morgan fingerprint density at radius 2 is 1.83 bits per heavy atom. The predicted octanol–water partition coefficient (Wildman–Crippen LogP) is 2.54. The van der Waals surface area contributed by atoms with Crippen molar-refractivity contribution in [1.82, 2.24) is 10.0 Å². The van der Waals surface area contributed by atoms with Gasteiger partial charge in [0.15, 0.2) is 0 Å². The third-order valence-electron chi connectivity index (χ3n) is 4.59. The number of hydrogen-bond donors (Lipinski definition) is 2. The van der Waals surface area contributed by atoms with E-state index >= 15 is 0 Å². The molecule has 0 saturated carbocycles. The van der Waals surface area contributed by atoms with Crippen molar-refractivity contribution in [3.05, 3.63) is 59.7 Å². The fourth-order valence-corrected chi connectivity index (χ4v) is 4.13. The van der Waals surface area contributed by atoms with Gasteiger partial charge in [0, 0.05) is 31.7 Å². The molecule has 2 N–H and O–H groups in total. The molecule has 0 aliphatic heterocycles. The van der Waals surface area contributed by atoms with Gasteiger partial charge in [0.1, 0.15) is 10.6 Å². The van der Waals surface area contributed by atoms with Gasteiger partial charge in [-0.1, -0.05) is 37.3 Å². The van der Waals surface area contributed by atoms with Crippen molar-refractivity contribution in [1.29, 1.82) is 0 Å². The monoisotopic (exact) mass is 420 g/mol. The second-order valence-electron chi connectivity index (χ2n) is 6.48. The van der Waals surface area contributed by atoms with Gasteiger partial charge >= 0.3 is 0 Å². The number of methoxy groups -OCH3 is 2. The molecule has 2 aromatic rings. The maximum absolute atomic E-state index is 12.6. The van der Waals surface area contributed by atoms with Gasteiger partial charge in [0.05, 0.1) is 13.7 Å². The smallest absolute Gasteiger partial charge is 0.251 e. The topological polar surface area (TPSA) is 93.7 Å². The van der Waals surface area contributed by atoms with Crippen LogP contribution in [0.5, 0.6) is 5.75 Å². The highest BCUT2D eigenvalue weighted by atomic mass is 32.2. The Morgan fingerprint density at radius 3 is 2.45 bits per heavy atom. The van der Waals surface area contributed by atoms with Gasteiger partial charge < -0.3 is 14.8 Å². The lowest BCUT2D eigenvalue weighted by Gasteiger charge is -2.17. The molecular formula is C21H28N2O5S. The number of carbonyl (C=O) groups is 1. The number of amides is 1. The first-order valence-electron chi connectivity index (χ1n) is 9.42. The molecule has 8 heteroatoms. The minimum Gasteiger partial charge on any atom is -0.495 e. The van der Waals surface area contributed by atoms with E-state index in [0.717, 1.165) is 12.0 Å². The van der Waals surface area contributed by atoms with Crippen LogP contribution >= 0.6 is 0 Å². The van der Waals surface area contributed by atoms with Crippen LogP contribution < -0.4 is 14.8 Å². The van der Waals surface area contributed by atoms with Crippen molar-refractivity contribution in [3.8, 4) is 5.75 Å². The number of carbonyl (C=O) groups excluding carboxylic acids is 1. The summed E-state index contributed by atoms with van der Waals surface area (Å²) < 4.78 is 37.6. The second kappa shape index (κ2) is 10.9. The molecule has 0 heterocycles. The van der Waals surface area contributed by atoms with Crippen molar-refractivity contribution in [2.75, 3.05) is 33.9 Å². The molecule has 0 aliphatic rings. The molecule has 0 aromatic heterocycles. The molecule has 0 bridgehead atoms. The van der Waals surface area contributed by atoms with Gasteiger partial charge in [-0.3, -0.25) is 4.79 Å². The molecule has 158 valence electrons. The minimum absolute atomic E-state index is 0.0844. The molecule has 1 atom stereocenters. The average molecular weight is 421 g/mol. The van der Waals surface area contributed by atoms with Crippen molar-refractivity contribution in [3.63, 3.8) is 0 Å². The Bertz CT molecular complexity index is 901. The van der Waals surface area contributed by atoms with E-state index in [-0.39, 0.29) is 41.2 Å². The van der Waals surface area contributed by atoms with Crippen LogP contribution in [0.3, 0.4) is 0 Å². The fourth-order valence-electron chi connectivity index (χ4n) is 2.92. The van der Waals surface area contributed by atoms with E-state index in [2.05, 4.69) is 17.0 Å². The summed E-state index contributed by atoms with van der Waals surface area (Å²) in [6.45, 7) is 2.88. The SMILES string of the molecule is CCC(CNC(=O)c1ccc(OC)c(S(=O)(=O)NCCOC)c1)c1ccccc1. The van der Waals surface area contributed by atoms with Gasteiger partial charge in [0.2, 0.25) is 10.0 Å². The van der Waals surface area contributed by atoms with E-state index in [1.807, 2.05) is 30.3 Å². The Morgan fingerprint density at radius 1 is 1.10 bits per heavy atom. The van der Waals surface area contributed by atoms with E-state index in [9.17, 15) is 13.2 Å². The van der Waals surface area contributed by atoms with Gasteiger partial charge in [-0.05, 0) is 30.2 Å². The van der Waals surface area contributed by atoms with Gasteiger partial charge in [-0.15, -0.1) is 0 Å². The number of rotatable bonds is 11. The molecule has 0 saturated heterocycles. The molecule has 7 nitrogen and oxygen atoms in total. The Hall–Kier alpha value is -2.42. The molecule has 0 spiro atoms. The number of hydrogen-bond acceptors (Lipinski definition) is 5. The van der Waals surface area contributed by atoms with Crippen LogP contribution in [0, 0.1) is 0 Å². The highest BCUT2D eigenvalue weighted by molar-refractivity contribution is 7.89. The molecular weight excluding hydrogens is 392 g/mol. The van der Waals surface area contributed by atoms with E-state index in [1.165, 1.54) is 26.4 Å². The Balaban J connectivity index is 2.16. The van der Waals surface area contributed by atoms with E-state index < -0.39 is 10.0 Å². The maximum atomic E-state index is 12.6. The summed E-state index contributed by atoms with van der Waals surface area (Å²) in [7, 11) is -0.976. The zero-order valence-corrected chi connectivity index (χ0v) is 17.8. The average Bonchev–Trinajstić information content (AvgIpc) is 2.74. The third kappa shape index (κ3) is 6.28. The van der Waals surface area contributed by atoms with Crippen molar-refractivity contribution in [2.45, 2.75) is 24.2 Å². The Labute approximate surface area is 172 Å². The molecule has 2 rings (SSSR count). The summed E-state index contributed by atoms with van der Waals surface area (Å²) in [4.78, 5) is 12.6. The highest BCUT2D eigenvalue weighted by Gasteiger charge is 2.21. The largest absolute Gasteiger partial charge is 0.495 e. The van der Waals surface area contributed by atoms with Crippen LogP contribution in [-0.4, -0.2) is 48.2 Å². The standard InChI is InChI=1S/C21H28N2O5S/c1-4-16(17-8-6-5-7-9-17)15-22-21(24)18-10-11-19(28-3)20(14-18)29(25,26)23-12-13-27-2/h5-11,14,16,23H,4,12-13,15H2,1-3H3,(H,22,24). The van der Waals surface area contributed by atoms with Crippen LogP contribution in [0.4, 0.5) is 0 Å². The summed E-state index contributed by atoms with van der Waals surface area (Å²) in [5.41, 5.74) is 1.40. The van der Waals surface area contributed by atoms with Crippen LogP contribution in [0.1, 0.15) is 35.2 Å². The minimum atomic E-state index is -3.85. The number of benzene rings is 2. The molecule has 2 aromatic carbocycles. The van der Waals surface area contributed by atoms with Crippen LogP contribution in [0.2, 0.25) is 0 Å². The van der Waals surface area contributed by atoms with Crippen LogP contribution in [0.25, 0.3) is 0 Å². The third-order valence-corrected chi connectivity index (χ3v) is 6.07. The zero-order valence-electron chi connectivity index (χ0n) is 17.0. The Kier molecular flexibility index (Phi) is 8.63. The van der Waals surface area contributed by atoms with Crippen LogP contribution in [-0.2, 0) is 14.8 Å². The summed E-state index contributed by atoms with van der Waals surface area (Å²) in [5.74, 6) is 0.00914. The normalized spacial score (nSPS) is 12.4. The summed E-state index contributed by atoms with van der Waals surface area (Å²) in [6.07, 6.45) is 0.871. The van der Waals surface area contributed by atoms with Crippen molar-refractivity contribution >= 4 is 15.9 Å². The van der Waals surface area contributed by atoms with Gasteiger partial charge in [-0.2, -0.15) is 0 Å². The highest BCUT2D eigenvalue weighted by Crippen LogP contribution is 2.25. The molecule has 29 heavy (non-hydrogen) atoms. The molecule has 1 amide bonds. The van der Waals surface area contributed by atoms with E-state index in [1.54, 1.807) is 6.07 Å². The lowest BCUT2D eigenvalue weighted by molar-refractivity contribution is 0.0950. The quantitative estimate of drug-likeness (QED) is 0.545. The number of sulfonamides is 1. The fraction of sp³-hybridized carbons (Fsp3) is 0.381. The number of nitrogens with one attached hydrogen (secondary N) is 2. The van der Waals surface area contributed by atoms with Crippen molar-refractivity contribution < 1.29 is 22.7 Å². The van der Waals surface area contributed by atoms with Gasteiger partial charge in [0.25, 0.3) is 5.91 Å². The first-order chi connectivity index (χ1) is 13.9. The van der Waals surface area contributed by atoms with E-state index in [0.29, 0.717) is 6.54 Å².